The van der Waals surface area contributed by atoms with Crippen LogP contribution in [0.2, 0.25) is 5.02 Å². The lowest BCUT2D eigenvalue weighted by Crippen LogP contribution is -2.44. The lowest BCUT2D eigenvalue weighted by molar-refractivity contribution is -0.147. The Labute approximate surface area is 168 Å². The molecule has 28 heavy (non-hydrogen) atoms. The molecule has 0 aromatic heterocycles. The fraction of sp³-hybridized carbons (Fsp3) is 0.190. The van der Waals surface area contributed by atoms with Gasteiger partial charge in [0.2, 0.25) is 0 Å². The third-order valence-electron chi connectivity index (χ3n) is 3.71. The Kier molecular flexibility index (Phi) is 8.24. The molecule has 2 aromatic carbocycles. The zero-order valence-corrected chi connectivity index (χ0v) is 16.0. The highest BCUT2D eigenvalue weighted by Gasteiger charge is 2.22. The standard InChI is InChI=1S/C21H20ClNO5/c1-27-21(26)18(13-15-6-3-2-4-7-15)23-19(24)14-28-20(25)11-10-16-8-5-9-17(22)12-16/h2-12,18H,13-14H2,1H3,(H,23,24)/b11-10+/t18-/m0/s1. The first-order valence-electron chi connectivity index (χ1n) is 8.49. The van der Waals surface area contributed by atoms with Gasteiger partial charge in [-0.2, -0.15) is 0 Å². The van der Waals surface area contributed by atoms with E-state index in [-0.39, 0.29) is 6.42 Å². The topological polar surface area (TPSA) is 81.7 Å². The highest BCUT2D eigenvalue weighted by Crippen LogP contribution is 2.11. The second-order valence-electron chi connectivity index (χ2n) is 5.83. The van der Waals surface area contributed by atoms with Crippen LogP contribution in [0.3, 0.4) is 0 Å². The molecule has 1 amide bonds. The van der Waals surface area contributed by atoms with Gasteiger partial charge in [0.25, 0.3) is 5.91 Å². The van der Waals surface area contributed by atoms with Gasteiger partial charge in [0.15, 0.2) is 6.61 Å². The van der Waals surface area contributed by atoms with Gasteiger partial charge in [0.1, 0.15) is 6.04 Å². The normalized spacial score (nSPS) is 11.6. The molecular weight excluding hydrogens is 382 g/mol. The summed E-state index contributed by atoms with van der Waals surface area (Å²) in [5, 5.41) is 3.06. The van der Waals surface area contributed by atoms with Crippen molar-refractivity contribution in [3.8, 4) is 0 Å². The van der Waals surface area contributed by atoms with Crippen molar-refractivity contribution in [3.05, 3.63) is 76.8 Å². The third-order valence-corrected chi connectivity index (χ3v) is 3.94. The highest BCUT2D eigenvalue weighted by atomic mass is 35.5. The summed E-state index contributed by atoms with van der Waals surface area (Å²) in [5.74, 6) is -1.87. The first-order valence-corrected chi connectivity index (χ1v) is 8.87. The average molecular weight is 402 g/mol. The molecule has 1 atom stereocenters. The fourth-order valence-electron chi connectivity index (χ4n) is 2.38. The minimum Gasteiger partial charge on any atom is -0.467 e. The number of carbonyl (C=O) groups excluding carboxylic acids is 3. The second kappa shape index (κ2) is 10.9. The van der Waals surface area contributed by atoms with Crippen LogP contribution in [0.1, 0.15) is 11.1 Å². The van der Waals surface area contributed by atoms with E-state index < -0.39 is 30.5 Å². The minimum absolute atomic E-state index is 0.266. The number of hydrogen-bond donors (Lipinski definition) is 1. The van der Waals surface area contributed by atoms with E-state index in [4.69, 9.17) is 21.1 Å². The van der Waals surface area contributed by atoms with Crippen molar-refractivity contribution in [1.29, 1.82) is 0 Å². The van der Waals surface area contributed by atoms with Gasteiger partial charge in [-0.1, -0.05) is 54.1 Å². The number of halogens is 1. The first-order chi connectivity index (χ1) is 13.5. The lowest BCUT2D eigenvalue weighted by atomic mass is 10.1. The molecule has 0 aliphatic heterocycles. The molecule has 2 rings (SSSR count). The van der Waals surface area contributed by atoms with Crippen LogP contribution in [0.15, 0.2) is 60.7 Å². The maximum absolute atomic E-state index is 12.0. The van der Waals surface area contributed by atoms with E-state index in [9.17, 15) is 14.4 Å². The van der Waals surface area contributed by atoms with Gasteiger partial charge in [0, 0.05) is 17.5 Å². The summed E-state index contributed by atoms with van der Waals surface area (Å²) in [4.78, 5) is 35.7. The van der Waals surface area contributed by atoms with Crippen LogP contribution in [0.4, 0.5) is 0 Å². The highest BCUT2D eigenvalue weighted by molar-refractivity contribution is 6.30. The number of hydrogen-bond acceptors (Lipinski definition) is 5. The molecule has 146 valence electrons. The summed E-state index contributed by atoms with van der Waals surface area (Å²) in [6, 6.07) is 15.2. The van der Waals surface area contributed by atoms with Crippen LogP contribution in [0.25, 0.3) is 6.08 Å². The SMILES string of the molecule is COC(=O)[C@H](Cc1ccccc1)NC(=O)COC(=O)/C=C/c1cccc(Cl)c1. The Morgan fingerprint density at radius 3 is 2.54 bits per heavy atom. The molecule has 0 saturated heterocycles. The van der Waals surface area contributed by atoms with E-state index in [1.165, 1.54) is 19.3 Å². The summed E-state index contributed by atoms with van der Waals surface area (Å²) in [6.45, 7) is -0.513. The van der Waals surface area contributed by atoms with E-state index in [0.29, 0.717) is 5.02 Å². The zero-order valence-electron chi connectivity index (χ0n) is 15.3. The Morgan fingerprint density at radius 2 is 1.86 bits per heavy atom. The first kappa shape index (κ1) is 21.2. The molecule has 0 aliphatic carbocycles. The van der Waals surface area contributed by atoms with Crippen LogP contribution in [0, 0.1) is 0 Å². The summed E-state index contributed by atoms with van der Waals surface area (Å²) in [7, 11) is 1.24. The molecule has 0 aliphatic rings. The number of esters is 2. The minimum atomic E-state index is -0.874. The Morgan fingerprint density at radius 1 is 1.11 bits per heavy atom. The quantitative estimate of drug-likeness (QED) is 0.543. The molecule has 2 aromatic rings. The van der Waals surface area contributed by atoms with Gasteiger partial charge in [-0.05, 0) is 29.3 Å². The van der Waals surface area contributed by atoms with E-state index in [1.54, 1.807) is 24.3 Å². The molecular formula is C21H20ClNO5. The molecule has 0 spiro atoms. The molecule has 0 heterocycles. The number of methoxy groups -OCH3 is 1. The van der Waals surface area contributed by atoms with E-state index in [2.05, 4.69) is 5.32 Å². The summed E-state index contributed by atoms with van der Waals surface area (Å²) < 4.78 is 9.62. The van der Waals surface area contributed by atoms with E-state index >= 15 is 0 Å². The van der Waals surface area contributed by atoms with Gasteiger partial charge < -0.3 is 14.8 Å². The van der Waals surface area contributed by atoms with Crippen molar-refractivity contribution in [2.24, 2.45) is 0 Å². The van der Waals surface area contributed by atoms with Gasteiger partial charge in [0.05, 0.1) is 7.11 Å². The zero-order chi connectivity index (χ0) is 20.4. The van der Waals surface area contributed by atoms with Crippen molar-refractivity contribution in [1.82, 2.24) is 5.32 Å². The van der Waals surface area contributed by atoms with Crippen molar-refractivity contribution < 1.29 is 23.9 Å². The van der Waals surface area contributed by atoms with Crippen molar-refractivity contribution in [3.63, 3.8) is 0 Å². The van der Waals surface area contributed by atoms with Crippen LogP contribution in [-0.4, -0.2) is 37.6 Å². The predicted octanol–water partition coefficient (Wildman–Crippen LogP) is 2.80. The molecule has 0 unspecified atom stereocenters. The summed E-state index contributed by atoms with van der Waals surface area (Å²) >= 11 is 5.87. The van der Waals surface area contributed by atoms with Gasteiger partial charge in [-0.25, -0.2) is 9.59 Å². The molecule has 6 nitrogen and oxygen atoms in total. The molecule has 0 saturated carbocycles. The fourth-order valence-corrected chi connectivity index (χ4v) is 2.58. The van der Waals surface area contributed by atoms with Crippen LogP contribution in [-0.2, 0) is 30.3 Å². The lowest BCUT2D eigenvalue weighted by Gasteiger charge is -2.16. The van der Waals surface area contributed by atoms with Crippen LogP contribution >= 0.6 is 11.6 Å². The van der Waals surface area contributed by atoms with Gasteiger partial charge in [-0.3, -0.25) is 4.79 Å². The van der Waals surface area contributed by atoms with E-state index in [1.807, 2.05) is 30.3 Å². The second-order valence-corrected chi connectivity index (χ2v) is 6.27. The third kappa shape index (κ3) is 7.25. The number of ether oxygens (including phenoxy) is 2. The number of carbonyl (C=O) groups is 3. The number of nitrogens with one attached hydrogen (secondary N) is 1. The molecule has 7 heteroatoms. The predicted molar refractivity (Wildman–Crippen MR) is 106 cm³/mol. The van der Waals surface area contributed by atoms with Crippen molar-refractivity contribution >= 4 is 35.5 Å². The van der Waals surface area contributed by atoms with E-state index in [0.717, 1.165) is 11.1 Å². The number of rotatable bonds is 8. The summed E-state index contributed by atoms with van der Waals surface area (Å²) in [6.07, 6.45) is 2.99. The smallest absolute Gasteiger partial charge is 0.331 e. The van der Waals surface area contributed by atoms with Gasteiger partial charge in [-0.15, -0.1) is 0 Å². The summed E-state index contributed by atoms with van der Waals surface area (Å²) in [5.41, 5.74) is 1.59. The van der Waals surface area contributed by atoms with Crippen molar-refractivity contribution in [2.75, 3.05) is 13.7 Å². The monoisotopic (exact) mass is 401 g/mol. The van der Waals surface area contributed by atoms with Crippen LogP contribution in [0.5, 0.6) is 0 Å². The maximum Gasteiger partial charge on any atom is 0.331 e. The largest absolute Gasteiger partial charge is 0.467 e. The average Bonchev–Trinajstić information content (AvgIpc) is 2.70. The molecule has 0 bridgehead atoms. The number of benzene rings is 2. The van der Waals surface area contributed by atoms with Gasteiger partial charge >= 0.3 is 11.9 Å². The molecule has 1 N–H and O–H groups in total. The maximum atomic E-state index is 12.0. The van der Waals surface area contributed by atoms with Crippen LogP contribution < -0.4 is 5.32 Å². The Balaban J connectivity index is 1.86. The number of amides is 1. The van der Waals surface area contributed by atoms with Crippen molar-refractivity contribution in [2.45, 2.75) is 12.5 Å². The molecule has 0 radical (unpaired) electrons. The Bertz CT molecular complexity index is 851. The Hall–Kier alpha value is -3.12. The molecule has 0 fully saturated rings.